The molecule has 0 heterocycles. The van der Waals surface area contributed by atoms with Crippen molar-refractivity contribution in [1.82, 2.24) is 4.90 Å². The van der Waals surface area contributed by atoms with Crippen molar-refractivity contribution in [3.63, 3.8) is 0 Å². The van der Waals surface area contributed by atoms with Crippen LogP contribution in [-0.2, 0) is 4.79 Å². The van der Waals surface area contributed by atoms with Crippen molar-refractivity contribution in [2.45, 2.75) is 39.5 Å². The summed E-state index contributed by atoms with van der Waals surface area (Å²) in [5, 5.41) is 0. The van der Waals surface area contributed by atoms with Gasteiger partial charge in [0.1, 0.15) is 0 Å². The molecule has 0 bridgehead atoms. The first-order chi connectivity index (χ1) is 6.72. The zero-order valence-electron chi connectivity index (χ0n) is 9.71. The smallest absolute Gasteiger partial charge is 0.223 e. The van der Waals surface area contributed by atoms with Gasteiger partial charge in [0.15, 0.2) is 0 Å². The summed E-state index contributed by atoms with van der Waals surface area (Å²) >= 11 is 1.88. The first-order valence-electron chi connectivity index (χ1n) is 5.54. The van der Waals surface area contributed by atoms with Crippen LogP contribution in [0, 0.1) is 0 Å². The molecule has 0 spiro atoms. The van der Waals surface area contributed by atoms with Gasteiger partial charge in [0, 0.05) is 25.8 Å². The monoisotopic (exact) mass is 217 g/mol. The van der Waals surface area contributed by atoms with E-state index < -0.39 is 0 Å². The second-order valence-electron chi connectivity index (χ2n) is 3.53. The molecule has 0 saturated carbocycles. The molecule has 2 nitrogen and oxygen atoms in total. The van der Waals surface area contributed by atoms with E-state index in [1.54, 1.807) is 0 Å². The average Bonchev–Trinajstić information content (AvgIpc) is 2.20. The van der Waals surface area contributed by atoms with Gasteiger partial charge >= 0.3 is 0 Å². The van der Waals surface area contributed by atoms with Gasteiger partial charge in [-0.1, -0.05) is 20.3 Å². The Balaban J connectivity index is 3.42. The maximum Gasteiger partial charge on any atom is 0.223 e. The molecule has 0 fully saturated rings. The summed E-state index contributed by atoms with van der Waals surface area (Å²) in [6.07, 6.45) is 4.17. The van der Waals surface area contributed by atoms with Gasteiger partial charge in [-0.25, -0.2) is 0 Å². The van der Waals surface area contributed by atoms with Crippen LogP contribution in [0.4, 0.5) is 0 Å². The molecule has 0 unspecified atom stereocenters. The van der Waals surface area contributed by atoms with Crippen LogP contribution in [0.5, 0.6) is 0 Å². The van der Waals surface area contributed by atoms with E-state index in [0.29, 0.717) is 12.3 Å². The lowest BCUT2D eigenvalue weighted by atomic mass is 10.3. The van der Waals surface area contributed by atoms with Gasteiger partial charge in [-0.15, -0.1) is 0 Å². The normalized spacial score (nSPS) is 10.2. The fourth-order valence-electron chi connectivity index (χ4n) is 1.12. The van der Waals surface area contributed by atoms with E-state index in [9.17, 15) is 4.79 Å². The van der Waals surface area contributed by atoms with Crippen molar-refractivity contribution < 1.29 is 4.79 Å². The number of amides is 1. The van der Waals surface area contributed by atoms with Crippen LogP contribution in [0.3, 0.4) is 0 Å². The Morgan fingerprint density at radius 2 is 1.93 bits per heavy atom. The van der Waals surface area contributed by atoms with Crippen LogP contribution in [0.1, 0.15) is 39.5 Å². The molecule has 1 amide bonds. The van der Waals surface area contributed by atoms with Crippen LogP contribution >= 0.6 is 11.8 Å². The Hall–Kier alpha value is -0.180. The number of unbranched alkanes of at least 4 members (excludes halogenated alkanes) is 1. The number of thioether (sulfide) groups is 1. The van der Waals surface area contributed by atoms with Crippen LogP contribution < -0.4 is 0 Å². The molecule has 0 aromatic heterocycles. The van der Waals surface area contributed by atoms with E-state index in [-0.39, 0.29) is 0 Å². The van der Waals surface area contributed by atoms with Gasteiger partial charge in [0.05, 0.1) is 0 Å². The molecule has 84 valence electrons. The van der Waals surface area contributed by atoms with Crippen molar-refractivity contribution in [2.24, 2.45) is 0 Å². The molecule has 0 aliphatic carbocycles. The zero-order valence-corrected chi connectivity index (χ0v) is 10.5. The number of rotatable bonds is 8. The summed E-state index contributed by atoms with van der Waals surface area (Å²) in [7, 11) is 1.91. The molecule has 0 aliphatic rings. The Kier molecular flexibility index (Phi) is 9.26. The summed E-state index contributed by atoms with van der Waals surface area (Å²) in [6, 6.07) is 0. The second-order valence-corrected chi connectivity index (χ2v) is 4.76. The average molecular weight is 217 g/mol. The third-order valence-electron chi connectivity index (χ3n) is 2.08. The number of nitrogens with zero attached hydrogens (tertiary/aromatic N) is 1. The molecule has 3 heteroatoms. The van der Waals surface area contributed by atoms with E-state index in [2.05, 4.69) is 13.8 Å². The zero-order chi connectivity index (χ0) is 10.8. The minimum absolute atomic E-state index is 0.294. The summed E-state index contributed by atoms with van der Waals surface area (Å²) < 4.78 is 0. The van der Waals surface area contributed by atoms with Crippen LogP contribution in [0.2, 0.25) is 0 Å². The molecular formula is C11H23NOS. The van der Waals surface area contributed by atoms with Gasteiger partial charge in [-0.05, 0) is 18.6 Å². The second kappa shape index (κ2) is 9.38. The SMILES string of the molecule is CCCCN(C)C(=O)CCSCCC. The number of carbonyl (C=O) groups excluding carboxylic acids is 1. The molecule has 0 N–H and O–H groups in total. The third-order valence-corrected chi connectivity index (χ3v) is 3.27. The Labute approximate surface area is 92.4 Å². The number of hydrogen-bond donors (Lipinski definition) is 0. The van der Waals surface area contributed by atoms with Crippen molar-refractivity contribution in [3.05, 3.63) is 0 Å². The first-order valence-corrected chi connectivity index (χ1v) is 6.69. The summed E-state index contributed by atoms with van der Waals surface area (Å²) in [6.45, 7) is 5.23. The molecule has 0 atom stereocenters. The molecule has 14 heavy (non-hydrogen) atoms. The minimum Gasteiger partial charge on any atom is -0.346 e. The van der Waals surface area contributed by atoms with Crippen molar-refractivity contribution >= 4 is 17.7 Å². The first kappa shape index (κ1) is 13.8. The van der Waals surface area contributed by atoms with Crippen LogP contribution in [-0.4, -0.2) is 35.9 Å². The summed E-state index contributed by atoms with van der Waals surface area (Å²) in [5.74, 6) is 2.44. The van der Waals surface area contributed by atoms with Gasteiger partial charge in [-0.2, -0.15) is 11.8 Å². The Bertz CT molecular complexity index is 150. The summed E-state index contributed by atoms with van der Waals surface area (Å²) in [5.41, 5.74) is 0. The van der Waals surface area contributed by atoms with E-state index in [4.69, 9.17) is 0 Å². The lowest BCUT2D eigenvalue weighted by Gasteiger charge is -2.16. The minimum atomic E-state index is 0.294. The van der Waals surface area contributed by atoms with Gasteiger partial charge < -0.3 is 4.90 Å². The molecule has 0 radical (unpaired) electrons. The maximum atomic E-state index is 11.5. The molecule has 0 aliphatic heterocycles. The van der Waals surface area contributed by atoms with E-state index in [0.717, 1.165) is 25.1 Å². The largest absolute Gasteiger partial charge is 0.346 e. The lowest BCUT2D eigenvalue weighted by Crippen LogP contribution is -2.27. The highest BCUT2D eigenvalue weighted by molar-refractivity contribution is 7.99. The fraction of sp³-hybridized carbons (Fsp3) is 0.909. The molecule has 0 aromatic rings. The maximum absolute atomic E-state index is 11.5. The van der Waals surface area contributed by atoms with E-state index in [1.165, 1.54) is 12.2 Å². The predicted octanol–water partition coefficient (Wildman–Crippen LogP) is 2.78. The topological polar surface area (TPSA) is 20.3 Å². The van der Waals surface area contributed by atoms with Crippen molar-refractivity contribution in [1.29, 1.82) is 0 Å². The highest BCUT2D eigenvalue weighted by Crippen LogP contribution is 2.05. The molecule has 0 aromatic carbocycles. The van der Waals surface area contributed by atoms with Gasteiger partial charge in [0.25, 0.3) is 0 Å². The third kappa shape index (κ3) is 7.25. The highest BCUT2D eigenvalue weighted by Gasteiger charge is 2.06. The molecule has 0 rings (SSSR count). The Morgan fingerprint density at radius 3 is 2.50 bits per heavy atom. The van der Waals surface area contributed by atoms with Crippen LogP contribution in [0.15, 0.2) is 0 Å². The van der Waals surface area contributed by atoms with Gasteiger partial charge in [-0.3, -0.25) is 4.79 Å². The standard InChI is InChI=1S/C11H23NOS/c1-4-6-8-12(3)11(13)7-10-14-9-5-2/h4-10H2,1-3H3. The fourth-order valence-corrected chi connectivity index (χ4v) is 1.93. The lowest BCUT2D eigenvalue weighted by molar-refractivity contribution is -0.129. The Morgan fingerprint density at radius 1 is 1.21 bits per heavy atom. The predicted molar refractivity (Wildman–Crippen MR) is 64.8 cm³/mol. The van der Waals surface area contributed by atoms with E-state index in [1.807, 2.05) is 23.7 Å². The highest BCUT2D eigenvalue weighted by atomic mass is 32.2. The summed E-state index contributed by atoms with van der Waals surface area (Å²) in [4.78, 5) is 13.4. The molecular weight excluding hydrogens is 194 g/mol. The molecule has 0 saturated heterocycles. The number of hydrogen-bond acceptors (Lipinski definition) is 2. The van der Waals surface area contributed by atoms with Gasteiger partial charge in [0.2, 0.25) is 5.91 Å². The number of carbonyl (C=O) groups is 1. The van der Waals surface area contributed by atoms with Crippen molar-refractivity contribution in [2.75, 3.05) is 25.1 Å². The van der Waals surface area contributed by atoms with Crippen molar-refractivity contribution in [3.8, 4) is 0 Å². The quantitative estimate of drug-likeness (QED) is 0.583. The van der Waals surface area contributed by atoms with E-state index >= 15 is 0 Å². The van der Waals surface area contributed by atoms with Crippen LogP contribution in [0.25, 0.3) is 0 Å².